The van der Waals surface area contributed by atoms with Crippen LogP contribution in [0.5, 0.6) is 0 Å². The molecule has 0 spiro atoms. The highest BCUT2D eigenvalue weighted by Crippen LogP contribution is 2.24. The topological polar surface area (TPSA) is 26.3 Å². The summed E-state index contributed by atoms with van der Waals surface area (Å²) in [4.78, 5) is 10.5. The predicted molar refractivity (Wildman–Crippen MR) is 65.7 cm³/mol. The van der Waals surface area contributed by atoms with Gasteiger partial charge in [0, 0.05) is 3.58 Å². The summed E-state index contributed by atoms with van der Waals surface area (Å²) in [5, 5.41) is 0. The molecule has 0 aromatic carbocycles. The Balaban J connectivity index is 3.72. The van der Waals surface area contributed by atoms with Crippen LogP contribution in [-0.2, 0) is 9.53 Å². The third-order valence-electron chi connectivity index (χ3n) is 0.674. The zero-order chi connectivity index (χ0) is 8.85. The maximum Gasteiger partial charge on any atom is 0.321 e. The van der Waals surface area contributed by atoms with Gasteiger partial charge >= 0.3 is 5.97 Å². The first kappa shape index (κ1) is 12.4. The summed E-state index contributed by atoms with van der Waals surface area (Å²) in [6.07, 6.45) is 0. The smallest absolute Gasteiger partial charge is 0.321 e. The van der Waals surface area contributed by atoms with Gasteiger partial charge in [-0.05, 0) is 61.1 Å². The van der Waals surface area contributed by atoms with Gasteiger partial charge in [0.15, 0.2) is 0 Å². The number of halogens is 4. The quantitative estimate of drug-likeness (QED) is 0.364. The fraction of sp³-hybridized carbons (Fsp3) is 0.400. The lowest BCUT2D eigenvalue weighted by molar-refractivity contribution is -0.139. The minimum atomic E-state index is -0.397. The van der Waals surface area contributed by atoms with E-state index < -0.39 is 5.97 Å². The van der Waals surface area contributed by atoms with Crippen molar-refractivity contribution in [3.8, 4) is 0 Å². The van der Waals surface area contributed by atoms with Crippen LogP contribution >= 0.6 is 72.7 Å². The Morgan fingerprint density at radius 3 is 2.45 bits per heavy atom. The third-order valence-corrected chi connectivity index (χ3v) is 4.65. The van der Waals surface area contributed by atoms with E-state index in [4.69, 9.17) is 16.3 Å². The number of ether oxygens (including phenoxy) is 1. The maximum atomic E-state index is 10.5. The third kappa shape index (κ3) is 6.59. The summed E-state index contributed by atoms with van der Waals surface area (Å²) in [5.41, 5.74) is 0. The van der Waals surface area contributed by atoms with Crippen molar-refractivity contribution in [3.05, 3.63) is 6.07 Å². The van der Waals surface area contributed by atoms with Gasteiger partial charge in [-0.1, -0.05) is 0 Å². The van der Waals surface area contributed by atoms with Crippen molar-refractivity contribution in [2.75, 3.05) is 12.5 Å². The number of rotatable bonds is 3. The lowest BCUT2D eigenvalue weighted by Gasteiger charge is -2.00. The highest BCUT2D eigenvalue weighted by molar-refractivity contribution is 14.1. The van der Waals surface area contributed by atoms with Gasteiger partial charge in [-0.2, -0.15) is 0 Å². The molecule has 0 fully saturated rings. The van der Waals surface area contributed by atoms with Gasteiger partial charge in [0.1, 0.15) is 12.5 Å². The SMILES string of the molecule is O=C(CCl)OCC(I)=C(Br)I. The lowest BCUT2D eigenvalue weighted by Crippen LogP contribution is -2.06. The van der Waals surface area contributed by atoms with E-state index in [1.807, 2.05) is 0 Å². The predicted octanol–water partition coefficient (Wildman–Crippen LogP) is 3.20. The molecule has 0 heterocycles. The zero-order valence-corrected chi connectivity index (χ0v) is 11.9. The van der Waals surface area contributed by atoms with Gasteiger partial charge in [0.25, 0.3) is 0 Å². The standard InChI is InChI=1S/C5H4BrClI2O2/c6-5(9)3(8)2-11-4(10)1-7/h1-2H2. The van der Waals surface area contributed by atoms with Gasteiger partial charge < -0.3 is 4.74 Å². The second-order valence-electron chi connectivity index (χ2n) is 1.46. The van der Waals surface area contributed by atoms with Gasteiger partial charge in [0.05, 0.1) is 2.49 Å². The average Bonchev–Trinajstić information content (AvgIpc) is 1.99. The summed E-state index contributed by atoms with van der Waals surface area (Å²) in [7, 11) is 0. The molecule has 11 heavy (non-hydrogen) atoms. The van der Waals surface area contributed by atoms with Crippen molar-refractivity contribution in [3.63, 3.8) is 0 Å². The Hall–Kier alpha value is 1.44. The molecule has 0 aromatic heterocycles. The first-order valence-corrected chi connectivity index (χ1v) is 5.97. The molecule has 64 valence electrons. The van der Waals surface area contributed by atoms with Gasteiger partial charge in [-0.3, -0.25) is 4.79 Å². The van der Waals surface area contributed by atoms with Crippen molar-refractivity contribution in [2.45, 2.75) is 0 Å². The molecule has 0 aliphatic rings. The number of carbonyl (C=O) groups excluding carboxylic acids is 1. The van der Waals surface area contributed by atoms with Crippen LogP contribution in [0.3, 0.4) is 0 Å². The molecule has 0 rings (SSSR count). The number of hydrogen-bond donors (Lipinski definition) is 0. The van der Waals surface area contributed by atoms with Crippen molar-refractivity contribution in [1.29, 1.82) is 0 Å². The van der Waals surface area contributed by atoms with Crippen LogP contribution < -0.4 is 0 Å². The summed E-state index contributed by atoms with van der Waals surface area (Å²) >= 11 is 12.6. The second-order valence-corrected chi connectivity index (χ2v) is 6.38. The van der Waals surface area contributed by atoms with Crippen LogP contribution in [0.2, 0.25) is 0 Å². The van der Waals surface area contributed by atoms with E-state index >= 15 is 0 Å². The average molecular weight is 465 g/mol. The Morgan fingerprint density at radius 1 is 1.55 bits per heavy atom. The molecule has 0 saturated heterocycles. The first-order valence-electron chi connectivity index (χ1n) is 2.49. The molecular formula is C5H4BrClI2O2. The second kappa shape index (κ2) is 6.90. The summed E-state index contributed by atoms with van der Waals surface area (Å²) in [6.45, 7) is 0.287. The number of hydrogen-bond acceptors (Lipinski definition) is 2. The van der Waals surface area contributed by atoms with Crippen LogP contribution in [-0.4, -0.2) is 18.5 Å². The fourth-order valence-corrected chi connectivity index (χ4v) is 0.740. The molecule has 0 saturated carbocycles. The number of alkyl halides is 1. The highest BCUT2D eigenvalue weighted by atomic mass is 127. The zero-order valence-electron chi connectivity index (χ0n) is 5.24. The Kier molecular flexibility index (Phi) is 7.81. The van der Waals surface area contributed by atoms with Gasteiger partial charge in [-0.15, -0.1) is 11.6 Å². The van der Waals surface area contributed by atoms with E-state index in [0.29, 0.717) is 0 Å². The number of esters is 1. The van der Waals surface area contributed by atoms with E-state index in [0.717, 1.165) is 6.07 Å². The van der Waals surface area contributed by atoms with Gasteiger partial charge in [0.2, 0.25) is 0 Å². The fourth-order valence-electron chi connectivity index (χ4n) is 0.237. The molecule has 0 radical (unpaired) electrons. The molecule has 0 bridgehead atoms. The summed E-state index contributed by atoms with van der Waals surface area (Å²) in [6, 6.07) is 0. The minimum Gasteiger partial charge on any atom is -0.459 e. The summed E-state index contributed by atoms with van der Waals surface area (Å²) in [5.74, 6) is -0.492. The highest BCUT2D eigenvalue weighted by Gasteiger charge is 2.02. The van der Waals surface area contributed by atoms with Crippen molar-refractivity contribution >= 4 is 78.7 Å². The van der Waals surface area contributed by atoms with E-state index in [9.17, 15) is 4.79 Å². The van der Waals surface area contributed by atoms with Gasteiger partial charge in [-0.25, -0.2) is 0 Å². The van der Waals surface area contributed by atoms with Crippen LogP contribution in [0.15, 0.2) is 6.07 Å². The molecular weight excluding hydrogens is 461 g/mol. The van der Waals surface area contributed by atoms with Crippen molar-refractivity contribution < 1.29 is 9.53 Å². The van der Waals surface area contributed by atoms with Crippen LogP contribution in [0.1, 0.15) is 0 Å². The molecule has 0 atom stereocenters. The van der Waals surface area contributed by atoms with E-state index in [-0.39, 0.29) is 12.5 Å². The molecule has 0 aliphatic carbocycles. The molecule has 0 aliphatic heterocycles. The minimum absolute atomic E-state index is 0.0945. The van der Waals surface area contributed by atoms with E-state index in [2.05, 4.69) is 61.1 Å². The monoisotopic (exact) mass is 464 g/mol. The Labute approximate surface area is 105 Å². The Bertz CT molecular complexity index is 179. The molecule has 0 aromatic rings. The molecule has 0 N–H and O–H groups in total. The Morgan fingerprint density at radius 2 is 2.09 bits per heavy atom. The van der Waals surface area contributed by atoms with Crippen molar-refractivity contribution in [1.82, 2.24) is 0 Å². The van der Waals surface area contributed by atoms with E-state index in [1.165, 1.54) is 0 Å². The number of carbonyl (C=O) groups is 1. The maximum absolute atomic E-state index is 10.5. The largest absolute Gasteiger partial charge is 0.459 e. The van der Waals surface area contributed by atoms with Crippen molar-refractivity contribution in [2.24, 2.45) is 0 Å². The first-order chi connectivity index (χ1) is 5.07. The summed E-state index contributed by atoms with van der Waals surface area (Å²) < 4.78 is 6.63. The molecule has 2 nitrogen and oxygen atoms in total. The lowest BCUT2D eigenvalue weighted by atomic mass is 10.7. The molecule has 6 heteroatoms. The van der Waals surface area contributed by atoms with Crippen LogP contribution in [0, 0.1) is 0 Å². The molecule has 0 amide bonds. The molecule has 0 unspecified atom stereocenters. The normalized spacial score (nSPS) is 12.4. The van der Waals surface area contributed by atoms with Crippen LogP contribution in [0.25, 0.3) is 0 Å². The van der Waals surface area contributed by atoms with Crippen LogP contribution in [0.4, 0.5) is 0 Å². The van der Waals surface area contributed by atoms with E-state index in [1.54, 1.807) is 0 Å².